The summed E-state index contributed by atoms with van der Waals surface area (Å²) in [6, 6.07) is 0. The molecule has 0 unspecified atom stereocenters. The van der Waals surface area contributed by atoms with Crippen molar-refractivity contribution >= 4 is 12.6 Å². The van der Waals surface area contributed by atoms with Crippen molar-refractivity contribution in [2.24, 2.45) is 0 Å². The smallest absolute Gasteiger partial charge is 0.00850 e. The van der Waals surface area contributed by atoms with Gasteiger partial charge in [-0.25, -0.2) is 0 Å². The molecule has 0 heterocycles. The van der Waals surface area contributed by atoms with Gasteiger partial charge < -0.3 is 0 Å². The lowest BCUT2D eigenvalue weighted by Gasteiger charge is -2.00. The first-order valence-corrected chi connectivity index (χ1v) is 6.75. The Morgan fingerprint density at radius 1 is 0.812 bits per heavy atom. The van der Waals surface area contributed by atoms with Crippen LogP contribution in [-0.4, -0.2) is 5.75 Å². The number of thiol groups is 1. The van der Waals surface area contributed by atoms with Crippen molar-refractivity contribution in [1.29, 1.82) is 0 Å². The van der Waals surface area contributed by atoms with Crippen LogP contribution in [0, 0.1) is 0 Å². The van der Waals surface area contributed by atoms with Crippen LogP contribution >= 0.6 is 12.6 Å². The molecule has 0 rings (SSSR count). The Morgan fingerprint density at radius 3 is 1.81 bits per heavy atom. The van der Waals surface area contributed by atoms with E-state index in [1.165, 1.54) is 36.0 Å². The van der Waals surface area contributed by atoms with Crippen LogP contribution in [0.25, 0.3) is 0 Å². The highest BCUT2D eigenvalue weighted by Gasteiger charge is 1.91. The van der Waals surface area contributed by atoms with Crippen LogP contribution in [0.4, 0.5) is 0 Å². The van der Waals surface area contributed by atoms with E-state index in [4.69, 9.17) is 0 Å². The lowest BCUT2D eigenvalue weighted by molar-refractivity contribution is 0.917. The van der Waals surface area contributed by atoms with Crippen molar-refractivity contribution in [1.82, 2.24) is 0 Å². The summed E-state index contributed by atoms with van der Waals surface area (Å²) in [7, 11) is 0. The van der Waals surface area contributed by atoms with E-state index in [0.29, 0.717) is 0 Å². The Kier molecular flexibility index (Phi) is 9.51. The summed E-state index contributed by atoms with van der Waals surface area (Å²) < 4.78 is 0. The number of hydrogen-bond donors (Lipinski definition) is 1. The Morgan fingerprint density at radius 2 is 1.31 bits per heavy atom. The quantitative estimate of drug-likeness (QED) is 0.449. The van der Waals surface area contributed by atoms with E-state index >= 15 is 0 Å². The van der Waals surface area contributed by atoms with Crippen molar-refractivity contribution in [3.8, 4) is 0 Å². The summed E-state index contributed by atoms with van der Waals surface area (Å²) in [5.41, 5.74) is 4.37. The second-order valence-electron chi connectivity index (χ2n) is 4.64. The molecule has 0 spiro atoms. The third-order valence-corrected chi connectivity index (χ3v) is 2.75. The van der Waals surface area contributed by atoms with Crippen molar-refractivity contribution in [2.75, 3.05) is 5.75 Å². The molecule has 16 heavy (non-hydrogen) atoms. The Balaban J connectivity index is 3.79. The van der Waals surface area contributed by atoms with Gasteiger partial charge in [-0.1, -0.05) is 34.9 Å². The van der Waals surface area contributed by atoms with Gasteiger partial charge in [-0.05, 0) is 53.4 Å². The van der Waals surface area contributed by atoms with E-state index in [0.717, 1.165) is 12.2 Å². The average molecular weight is 238 g/mol. The molecule has 0 N–H and O–H groups in total. The van der Waals surface area contributed by atoms with Crippen LogP contribution in [0.1, 0.15) is 53.4 Å². The zero-order valence-electron chi connectivity index (χ0n) is 11.2. The molecule has 0 atom stereocenters. The second kappa shape index (κ2) is 9.77. The minimum atomic E-state index is 0.856. The monoisotopic (exact) mass is 238 g/mol. The molecule has 0 saturated carbocycles. The molecule has 0 aliphatic rings. The number of allylic oxidation sites excluding steroid dienone is 5. The molecule has 0 fully saturated rings. The van der Waals surface area contributed by atoms with Crippen LogP contribution in [0.15, 0.2) is 34.9 Å². The first-order chi connectivity index (χ1) is 7.56. The zero-order valence-corrected chi connectivity index (χ0v) is 12.1. The molecule has 0 aliphatic heterocycles. The predicted octanol–water partition coefficient (Wildman–Crippen LogP) is 5.34. The number of rotatable bonds is 7. The Labute approximate surface area is 107 Å². The van der Waals surface area contributed by atoms with Crippen LogP contribution in [-0.2, 0) is 0 Å². The minimum absolute atomic E-state index is 0.856. The van der Waals surface area contributed by atoms with Gasteiger partial charge in [0.2, 0.25) is 0 Å². The normalized spacial score (nSPS) is 12.8. The lowest BCUT2D eigenvalue weighted by atomic mass is 10.1. The van der Waals surface area contributed by atoms with Crippen molar-refractivity contribution in [3.05, 3.63) is 34.9 Å². The maximum Gasteiger partial charge on any atom is 0.00850 e. The molecule has 0 bridgehead atoms. The second-order valence-corrected chi connectivity index (χ2v) is 5.01. The van der Waals surface area contributed by atoms with Gasteiger partial charge in [0.15, 0.2) is 0 Å². The summed E-state index contributed by atoms with van der Waals surface area (Å²) in [4.78, 5) is 0. The molecule has 1 heteroatoms. The van der Waals surface area contributed by atoms with Crippen molar-refractivity contribution in [3.63, 3.8) is 0 Å². The SMILES string of the molecule is CC(C)=CCCC(C)=CCCC(C)=CCS. The van der Waals surface area contributed by atoms with Crippen LogP contribution in [0.2, 0.25) is 0 Å². The van der Waals surface area contributed by atoms with Gasteiger partial charge >= 0.3 is 0 Å². The van der Waals surface area contributed by atoms with E-state index in [1.807, 2.05) is 0 Å². The molecular formula is C15H26S. The zero-order chi connectivity index (χ0) is 12.4. The third kappa shape index (κ3) is 10.1. The fourth-order valence-corrected chi connectivity index (χ4v) is 1.81. The van der Waals surface area contributed by atoms with Gasteiger partial charge in [-0.3, -0.25) is 0 Å². The van der Waals surface area contributed by atoms with Gasteiger partial charge in [0, 0.05) is 5.75 Å². The fraction of sp³-hybridized carbons (Fsp3) is 0.600. The first-order valence-electron chi connectivity index (χ1n) is 6.11. The van der Waals surface area contributed by atoms with E-state index in [1.54, 1.807) is 0 Å². The van der Waals surface area contributed by atoms with Crippen molar-refractivity contribution < 1.29 is 0 Å². The van der Waals surface area contributed by atoms with Crippen LogP contribution in [0.3, 0.4) is 0 Å². The third-order valence-electron chi connectivity index (χ3n) is 2.56. The van der Waals surface area contributed by atoms with Gasteiger partial charge in [-0.2, -0.15) is 12.6 Å². The molecule has 0 nitrogen and oxygen atoms in total. The maximum absolute atomic E-state index is 4.19. The van der Waals surface area contributed by atoms with E-state index < -0.39 is 0 Å². The Bertz CT molecular complexity index is 265. The fourth-order valence-electron chi connectivity index (χ4n) is 1.49. The van der Waals surface area contributed by atoms with Gasteiger partial charge in [-0.15, -0.1) is 0 Å². The molecule has 0 saturated heterocycles. The summed E-state index contributed by atoms with van der Waals surface area (Å²) in [6.07, 6.45) is 11.6. The molecule has 0 aromatic carbocycles. The Hall–Kier alpha value is -0.430. The number of hydrogen-bond acceptors (Lipinski definition) is 1. The largest absolute Gasteiger partial charge is 0.175 e. The highest BCUT2D eigenvalue weighted by atomic mass is 32.1. The first kappa shape index (κ1) is 15.6. The molecule has 92 valence electrons. The molecular weight excluding hydrogens is 212 g/mol. The van der Waals surface area contributed by atoms with Gasteiger partial charge in [0.1, 0.15) is 0 Å². The predicted molar refractivity (Wildman–Crippen MR) is 79.3 cm³/mol. The highest BCUT2D eigenvalue weighted by molar-refractivity contribution is 7.80. The summed E-state index contributed by atoms with van der Waals surface area (Å²) in [5, 5.41) is 0. The summed E-state index contributed by atoms with van der Waals surface area (Å²) in [5.74, 6) is 0.856. The van der Waals surface area contributed by atoms with Crippen molar-refractivity contribution in [2.45, 2.75) is 53.4 Å². The molecule has 0 radical (unpaired) electrons. The van der Waals surface area contributed by atoms with Crippen LogP contribution < -0.4 is 0 Å². The van der Waals surface area contributed by atoms with Gasteiger partial charge in [0.25, 0.3) is 0 Å². The maximum atomic E-state index is 4.19. The average Bonchev–Trinajstić information content (AvgIpc) is 2.17. The standard InChI is InChI=1S/C15H26S/c1-13(2)7-5-8-14(3)9-6-10-15(4)11-12-16/h7,9,11,16H,5-6,8,10,12H2,1-4H3. The molecule has 0 aromatic rings. The molecule has 0 amide bonds. The van der Waals surface area contributed by atoms with Gasteiger partial charge in [0.05, 0.1) is 0 Å². The van der Waals surface area contributed by atoms with Crippen LogP contribution in [0.5, 0.6) is 0 Å². The summed E-state index contributed by atoms with van der Waals surface area (Å²) in [6.45, 7) is 8.73. The van der Waals surface area contributed by atoms with E-state index in [2.05, 4.69) is 58.6 Å². The topological polar surface area (TPSA) is 0 Å². The molecule has 0 aromatic heterocycles. The highest BCUT2D eigenvalue weighted by Crippen LogP contribution is 2.11. The summed E-state index contributed by atoms with van der Waals surface area (Å²) >= 11 is 4.19. The van der Waals surface area contributed by atoms with E-state index in [9.17, 15) is 0 Å². The minimum Gasteiger partial charge on any atom is -0.175 e. The van der Waals surface area contributed by atoms with E-state index in [-0.39, 0.29) is 0 Å². The lowest BCUT2D eigenvalue weighted by Crippen LogP contribution is -1.81. The molecule has 0 aliphatic carbocycles.